The van der Waals surface area contributed by atoms with Gasteiger partial charge >= 0.3 is 0 Å². The molecule has 0 bridgehead atoms. The van der Waals surface area contributed by atoms with Crippen LogP contribution in [0.2, 0.25) is 0 Å². The Balaban J connectivity index is 1.46. The molecule has 1 saturated carbocycles. The Labute approximate surface area is 147 Å². The molecule has 1 spiro atoms. The molecule has 3 heteroatoms. The normalized spacial score (nSPS) is 30.3. The number of rotatable bonds is 7. The minimum atomic E-state index is -0.280. The second-order valence-electron chi connectivity index (χ2n) is 7.37. The molecule has 24 heavy (non-hydrogen) atoms. The van der Waals surface area contributed by atoms with Gasteiger partial charge in [-0.25, -0.2) is 0 Å². The fourth-order valence-electron chi connectivity index (χ4n) is 4.21. The maximum Gasteiger partial charge on any atom is 0.168 e. The number of hydrogen-bond donors (Lipinski definition) is 0. The third-order valence-corrected chi connectivity index (χ3v) is 5.69. The van der Waals surface area contributed by atoms with E-state index < -0.39 is 0 Å². The lowest BCUT2D eigenvalue weighted by molar-refractivity contribution is -0.189. The molecule has 0 amide bonds. The van der Waals surface area contributed by atoms with E-state index in [4.69, 9.17) is 9.47 Å². The molecule has 1 atom stereocenters. The number of benzene rings is 1. The highest BCUT2D eigenvalue weighted by Crippen LogP contribution is 2.43. The van der Waals surface area contributed by atoms with Gasteiger partial charge < -0.3 is 14.4 Å². The molecular formula is C21H33NO2. The molecule has 2 aliphatic rings. The molecule has 1 unspecified atom stereocenters. The molecule has 0 N–H and O–H groups in total. The fourth-order valence-corrected chi connectivity index (χ4v) is 4.21. The predicted octanol–water partition coefficient (Wildman–Crippen LogP) is 4.58. The van der Waals surface area contributed by atoms with Gasteiger partial charge in [-0.1, -0.05) is 44.2 Å². The van der Waals surface area contributed by atoms with Crippen molar-refractivity contribution < 1.29 is 9.47 Å². The lowest BCUT2D eigenvalue weighted by Crippen LogP contribution is -2.36. The quantitative estimate of drug-likeness (QED) is 0.730. The van der Waals surface area contributed by atoms with Crippen LogP contribution < -0.4 is 0 Å². The van der Waals surface area contributed by atoms with Crippen molar-refractivity contribution in [1.82, 2.24) is 4.90 Å². The standard InChI is InChI=1S/C21H33NO2/c1-3-15-22(4-2)16-12-20-17-23-21(24-20)13-10-19(11-14-21)18-8-6-5-7-9-18/h5-9,19-20H,3-4,10-17H2,1-2H3. The lowest BCUT2D eigenvalue weighted by Gasteiger charge is -2.36. The van der Waals surface area contributed by atoms with E-state index >= 15 is 0 Å². The van der Waals surface area contributed by atoms with E-state index in [0.29, 0.717) is 5.92 Å². The van der Waals surface area contributed by atoms with E-state index in [1.165, 1.54) is 31.4 Å². The fraction of sp³-hybridized carbons (Fsp3) is 0.714. The van der Waals surface area contributed by atoms with Gasteiger partial charge in [0.15, 0.2) is 5.79 Å². The molecule has 1 aromatic rings. The van der Waals surface area contributed by atoms with Crippen molar-refractivity contribution in [1.29, 1.82) is 0 Å². The first-order chi connectivity index (χ1) is 11.7. The zero-order valence-electron chi connectivity index (χ0n) is 15.4. The van der Waals surface area contributed by atoms with Crippen molar-refractivity contribution in [3.05, 3.63) is 35.9 Å². The van der Waals surface area contributed by atoms with Gasteiger partial charge in [0.2, 0.25) is 0 Å². The average Bonchev–Trinajstić information content (AvgIpc) is 3.02. The zero-order chi connectivity index (χ0) is 16.8. The zero-order valence-corrected chi connectivity index (χ0v) is 15.4. The van der Waals surface area contributed by atoms with Gasteiger partial charge in [0.1, 0.15) is 0 Å². The van der Waals surface area contributed by atoms with Crippen molar-refractivity contribution in [3.63, 3.8) is 0 Å². The third-order valence-electron chi connectivity index (χ3n) is 5.69. The molecule has 1 aliphatic heterocycles. The highest BCUT2D eigenvalue weighted by atomic mass is 16.7. The predicted molar refractivity (Wildman–Crippen MR) is 98.2 cm³/mol. The second-order valence-corrected chi connectivity index (χ2v) is 7.37. The highest BCUT2D eigenvalue weighted by Gasteiger charge is 2.44. The van der Waals surface area contributed by atoms with Gasteiger partial charge in [-0.2, -0.15) is 0 Å². The molecule has 1 saturated heterocycles. The van der Waals surface area contributed by atoms with E-state index in [1.807, 2.05) is 0 Å². The average molecular weight is 332 g/mol. The summed E-state index contributed by atoms with van der Waals surface area (Å²) in [5, 5.41) is 0. The van der Waals surface area contributed by atoms with Crippen molar-refractivity contribution in [2.45, 2.75) is 70.2 Å². The van der Waals surface area contributed by atoms with Crippen LogP contribution in [0, 0.1) is 0 Å². The van der Waals surface area contributed by atoms with E-state index in [-0.39, 0.29) is 11.9 Å². The first-order valence-corrected chi connectivity index (χ1v) is 9.83. The van der Waals surface area contributed by atoms with E-state index in [2.05, 4.69) is 49.1 Å². The van der Waals surface area contributed by atoms with Gasteiger partial charge in [0.05, 0.1) is 12.7 Å². The topological polar surface area (TPSA) is 21.7 Å². The number of hydrogen-bond acceptors (Lipinski definition) is 3. The Bertz CT molecular complexity index is 482. The lowest BCUT2D eigenvalue weighted by atomic mass is 9.81. The van der Waals surface area contributed by atoms with Crippen LogP contribution in [0.25, 0.3) is 0 Å². The van der Waals surface area contributed by atoms with Crippen molar-refractivity contribution in [2.75, 3.05) is 26.2 Å². The van der Waals surface area contributed by atoms with Crippen molar-refractivity contribution >= 4 is 0 Å². The van der Waals surface area contributed by atoms with E-state index in [0.717, 1.165) is 39.0 Å². The maximum absolute atomic E-state index is 6.40. The number of ether oxygens (including phenoxy) is 2. The molecule has 2 fully saturated rings. The van der Waals surface area contributed by atoms with E-state index in [9.17, 15) is 0 Å². The first kappa shape index (κ1) is 17.9. The Morgan fingerprint density at radius 1 is 1.08 bits per heavy atom. The summed E-state index contributed by atoms with van der Waals surface area (Å²) in [5.74, 6) is 0.390. The van der Waals surface area contributed by atoms with Crippen LogP contribution in [0.4, 0.5) is 0 Å². The largest absolute Gasteiger partial charge is 0.347 e. The summed E-state index contributed by atoms with van der Waals surface area (Å²) >= 11 is 0. The second kappa shape index (κ2) is 8.46. The minimum absolute atomic E-state index is 0.280. The highest BCUT2D eigenvalue weighted by molar-refractivity contribution is 5.20. The van der Waals surface area contributed by atoms with Crippen LogP contribution in [-0.4, -0.2) is 43.0 Å². The third kappa shape index (κ3) is 4.38. The molecular weight excluding hydrogens is 298 g/mol. The molecule has 134 valence electrons. The molecule has 0 radical (unpaired) electrons. The van der Waals surface area contributed by atoms with Crippen molar-refractivity contribution in [2.24, 2.45) is 0 Å². The van der Waals surface area contributed by atoms with Crippen LogP contribution in [0.1, 0.15) is 63.9 Å². The molecule has 3 nitrogen and oxygen atoms in total. The molecule has 0 aromatic heterocycles. The molecule has 1 heterocycles. The summed E-state index contributed by atoms with van der Waals surface area (Å²) in [6.45, 7) is 8.71. The Kier molecular flexibility index (Phi) is 6.31. The van der Waals surface area contributed by atoms with Crippen LogP contribution in [0.5, 0.6) is 0 Å². The summed E-state index contributed by atoms with van der Waals surface area (Å²) in [7, 11) is 0. The molecule has 1 aliphatic carbocycles. The van der Waals surface area contributed by atoms with E-state index in [1.54, 1.807) is 0 Å². The van der Waals surface area contributed by atoms with Crippen molar-refractivity contribution in [3.8, 4) is 0 Å². The first-order valence-electron chi connectivity index (χ1n) is 9.83. The van der Waals surface area contributed by atoms with Crippen LogP contribution in [0.15, 0.2) is 30.3 Å². The van der Waals surface area contributed by atoms with Gasteiger partial charge in [-0.05, 0) is 50.3 Å². The summed E-state index contributed by atoms with van der Waals surface area (Å²) in [6, 6.07) is 10.9. The van der Waals surface area contributed by atoms with Crippen LogP contribution in [0.3, 0.4) is 0 Å². The smallest absolute Gasteiger partial charge is 0.168 e. The Hall–Kier alpha value is -0.900. The maximum atomic E-state index is 6.40. The minimum Gasteiger partial charge on any atom is -0.347 e. The van der Waals surface area contributed by atoms with Gasteiger partial charge in [0, 0.05) is 19.4 Å². The van der Waals surface area contributed by atoms with Crippen LogP contribution in [-0.2, 0) is 9.47 Å². The van der Waals surface area contributed by atoms with Gasteiger partial charge in [-0.15, -0.1) is 0 Å². The summed E-state index contributed by atoms with van der Waals surface area (Å²) in [4.78, 5) is 2.51. The number of nitrogens with zero attached hydrogens (tertiary/aromatic N) is 1. The molecule has 1 aromatic carbocycles. The molecule has 3 rings (SSSR count). The summed E-state index contributed by atoms with van der Waals surface area (Å²) < 4.78 is 12.6. The van der Waals surface area contributed by atoms with Crippen LogP contribution >= 0.6 is 0 Å². The Morgan fingerprint density at radius 3 is 2.50 bits per heavy atom. The monoisotopic (exact) mass is 331 g/mol. The SMILES string of the molecule is CCCN(CC)CCC1COC2(CCC(c3ccccc3)CC2)O1. The van der Waals surface area contributed by atoms with Gasteiger partial charge in [-0.3, -0.25) is 0 Å². The Morgan fingerprint density at radius 2 is 1.83 bits per heavy atom. The summed E-state index contributed by atoms with van der Waals surface area (Å²) in [6.07, 6.45) is 7.02. The summed E-state index contributed by atoms with van der Waals surface area (Å²) in [5.41, 5.74) is 1.47. The van der Waals surface area contributed by atoms with Gasteiger partial charge in [0.25, 0.3) is 0 Å².